The Balaban J connectivity index is 2.29. The van der Waals surface area contributed by atoms with Crippen LogP contribution in [0.4, 0.5) is 0 Å². The summed E-state index contributed by atoms with van der Waals surface area (Å²) in [7, 11) is 0. The summed E-state index contributed by atoms with van der Waals surface area (Å²) in [6.45, 7) is 2.15. The van der Waals surface area contributed by atoms with E-state index in [4.69, 9.17) is 0 Å². The summed E-state index contributed by atoms with van der Waals surface area (Å²) in [5.74, 6) is 0. The van der Waals surface area contributed by atoms with E-state index in [1.54, 1.807) is 0 Å². The average molecular weight is 159 g/mol. The first-order valence-corrected chi connectivity index (χ1v) is 4.46. The third kappa shape index (κ3) is 3.38. The van der Waals surface area contributed by atoms with Gasteiger partial charge >= 0.3 is 0 Å². The van der Waals surface area contributed by atoms with Crippen molar-refractivity contribution in [2.24, 2.45) is 0 Å². The van der Waals surface area contributed by atoms with E-state index in [9.17, 15) is 0 Å². The summed E-state index contributed by atoms with van der Waals surface area (Å²) in [4.78, 5) is 0. The van der Waals surface area contributed by atoms with Gasteiger partial charge in [0.1, 0.15) is 0 Å². The summed E-state index contributed by atoms with van der Waals surface area (Å²) in [5.41, 5.74) is 1.30. The van der Waals surface area contributed by atoms with Crippen molar-refractivity contribution < 1.29 is 0 Å². The molecule has 0 aromatic heterocycles. The SMILES string of the molecule is CCC=CC[CH]c1ccccc1. The second-order valence-electron chi connectivity index (χ2n) is 2.73. The van der Waals surface area contributed by atoms with E-state index in [-0.39, 0.29) is 0 Å². The lowest BCUT2D eigenvalue weighted by Gasteiger charge is -1.95. The zero-order valence-electron chi connectivity index (χ0n) is 7.53. The second kappa shape index (κ2) is 5.59. The number of rotatable bonds is 4. The molecule has 63 valence electrons. The maximum atomic E-state index is 2.23. The number of hydrogen-bond donors (Lipinski definition) is 0. The molecule has 1 rings (SSSR count). The maximum Gasteiger partial charge on any atom is -0.00556 e. The molecule has 1 aromatic rings. The lowest BCUT2D eigenvalue weighted by atomic mass is 10.1. The van der Waals surface area contributed by atoms with Gasteiger partial charge in [0.25, 0.3) is 0 Å². The van der Waals surface area contributed by atoms with Gasteiger partial charge in [0.2, 0.25) is 0 Å². The molecule has 0 aliphatic carbocycles. The minimum atomic E-state index is 1.04. The van der Waals surface area contributed by atoms with Crippen LogP contribution in [0.25, 0.3) is 0 Å². The summed E-state index contributed by atoms with van der Waals surface area (Å²) < 4.78 is 0. The molecule has 0 spiro atoms. The first kappa shape index (κ1) is 9.05. The van der Waals surface area contributed by atoms with E-state index in [0.29, 0.717) is 0 Å². The highest BCUT2D eigenvalue weighted by Gasteiger charge is 1.87. The number of benzene rings is 1. The van der Waals surface area contributed by atoms with Crippen LogP contribution in [-0.2, 0) is 0 Å². The molecule has 0 aliphatic rings. The molecule has 1 aromatic carbocycles. The second-order valence-corrected chi connectivity index (χ2v) is 2.73. The molecule has 12 heavy (non-hydrogen) atoms. The third-order valence-electron chi connectivity index (χ3n) is 1.69. The van der Waals surface area contributed by atoms with Crippen LogP contribution in [0.2, 0.25) is 0 Å². The highest BCUT2D eigenvalue weighted by molar-refractivity contribution is 5.23. The first-order valence-electron chi connectivity index (χ1n) is 4.46. The summed E-state index contributed by atoms with van der Waals surface area (Å²) >= 11 is 0. The van der Waals surface area contributed by atoms with Crippen molar-refractivity contribution >= 4 is 0 Å². The van der Waals surface area contributed by atoms with Gasteiger partial charge in [-0.2, -0.15) is 0 Å². The van der Waals surface area contributed by atoms with Gasteiger partial charge < -0.3 is 0 Å². The molecule has 0 saturated heterocycles. The summed E-state index contributed by atoms with van der Waals surface area (Å²) in [6.07, 6.45) is 8.79. The predicted octanol–water partition coefficient (Wildman–Crippen LogP) is 3.60. The third-order valence-corrected chi connectivity index (χ3v) is 1.69. The zero-order valence-corrected chi connectivity index (χ0v) is 7.53. The van der Waals surface area contributed by atoms with Crippen LogP contribution in [0.1, 0.15) is 25.3 Å². The predicted molar refractivity (Wildman–Crippen MR) is 53.9 cm³/mol. The molecule has 1 radical (unpaired) electrons. The Kier molecular flexibility index (Phi) is 4.22. The van der Waals surface area contributed by atoms with Crippen LogP contribution in [0.3, 0.4) is 0 Å². The molecule has 0 amide bonds. The molecule has 0 saturated carbocycles. The van der Waals surface area contributed by atoms with Crippen molar-refractivity contribution in [3.05, 3.63) is 54.5 Å². The van der Waals surface area contributed by atoms with Crippen molar-refractivity contribution in [1.29, 1.82) is 0 Å². The van der Waals surface area contributed by atoms with Crippen LogP contribution in [0.5, 0.6) is 0 Å². The van der Waals surface area contributed by atoms with Gasteiger partial charge in [-0.05, 0) is 24.8 Å². The van der Waals surface area contributed by atoms with Crippen LogP contribution < -0.4 is 0 Å². The highest BCUT2D eigenvalue weighted by atomic mass is 13.9. The standard InChI is InChI=1S/C12H15/c1-2-3-4-6-9-12-10-7-5-8-11-12/h3-5,7-11H,2,6H2,1H3. The monoisotopic (exact) mass is 159 g/mol. The zero-order chi connectivity index (χ0) is 8.65. The van der Waals surface area contributed by atoms with E-state index in [1.165, 1.54) is 5.56 Å². The Hall–Kier alpha value is -1.04. The van der Waals surface area contributed by atoms with E-state index in [2.05, 4.69) is 49.8 Å². The van der Waals surface area contributed by atoms with Crippen molar-refractivity contribution in [2.75, 3.05) is 0 Å². The van der Waals surface area contributed by atoms with E-state index in [1.807, 2.05) is 6.07 Å². The van der Waals surface area contributed by atoms with Gasteiger partial charge in [-0.25, -0.2) is 0 Å². The Bertz CT molecular complexity index is 221. The molecule has 0 fully saturated rings. The van der Waals surface area contributed by atoms with Crippen LogP contribution in [0, 0.1) is 6.42 Å². The molecule has 0 bridgehead atoms. The fourth-order valence-electron chi connectivity index (χ4n) is 1.06. The normalized spacial score (nSPS) is 10.8. The van der Waals surface area contributed by atoms with Gasteiger partial charge in [0.15, 0.2) is 0 Å². The lowest BCUT2D eigenvalue weighted by Crippen LogP contribution is -1.77. The van der Waals surface area contributed by atoms with Gasteiger partial charge in [-0.3, -0.25) is 0 Å². The molecule has 0 N–H and O–H groups in total. The van der Waals surface area contributed by atoms with Gasteiger partial charge in [-0.15, -0.1) is 0 Å². The molecule has 0 nitrogen and oxygen atoms in total. The van der Waals surface area contributed by atoms with E-state index >= 15 is 0 Å². The topological polar surface area (TPSA) is 0 Å². The Morgan fingerprint density at radius 1 is 1.08 bits per heavy atom. The van der Waals surface area contributed by atoms with Gasteiger partial charge in [0, 0.05) is 0 Å². The molecule has 0 heteroatoms. The van der Waals surface area contributed by atoms with E-state index < -0.39 is 0 Å². The van der Waals surface area contributed by atoms with Crippen molar-refractivity contribution in [3.63, 3.8) is 0 Å². The molecular weight excluding hydrogens is 144 g/mol. The van der Waals surface area contributed by atoms with Gasteiger partial charge in [-0.1, -0.05) is 49.4 Å². The molecule has 0 aliphatic heterocycles. The smallest absolute Gasteiger partial charge is 0.00556 e. The van der Waals surface area contributed by atoms with Crippen LogP contribution >= 0.6 is 0 Å². The Labute approximate surface area is 74.9 Å². The first-order chi connectivity index (χ1) is 5.93. The van der Waals surface area contributed by atoms with Crippen molar-refractivity contribution in [1.82, 2.24) is 0 Å². The van der Waals surface area contributed by atoms with Crippen LogP contribution in [-0.4, -0.2) is 0 Å². The van der Waals surface area contributed by atoms with Crippen molar-refractivity contribution in [3.8, 4) is 0 Å². The van der Waals surface area contributed by atoms with E-state index in [0.717, 1.165) is 12.8 Å². The average Bonchev–Trinajstić information content (AvgIpc) is 2.14. The summed E-state index contributed by atoms with van der Waals surface area (Å²) in [5, 5.41) is 0. The highest BCUT2D eigenvalue weighted by Crippen LogP contribution is 2.05. The number of allylic oxidation sites excluding steroid dienone is 2. The minimum Gasteiger partial charge on any atom is -0.0888 e. The summed E-state index contributed by atoms with van der Waals surface area (Å²) in [6, 6.07) is 10.4. The minimum absolute atomic E-state index is 1.04. The molecule has 0 heterocycles. The van der Waals surface area contributed by atoms with Crippen molar-refractivity contribution in [2.45, 2.75) is 19.8 Å². The lowest BCUT2D eigenvalue weighted by molar-refractivity contribution is 1.17. The fraction of sp³-hybridized carbons (Fsp3) is 0.250. The fourth-order valence-corrected chi connectivity index (χ4v) is 1.06. The molecule has 0 atom stereocenters. The largest absolute Gasteiger partial charge is 0.0888 e. The maximum absolute atomic E-state index is 2.23. The number of hydrogen-bond acceptors (Lipinski definition) is 0. The molecule has 0 unspecified atom stereocenters. The van der Waals surface area contributed by atoms with Crippen LogP contribution in [0.15, 0.2) is 42.5 Å². The Morgan fingerprint density at radius 2 is 1.83 bits per heavy atom. The molecular formula is C12H15. The van der Waals surface area contributed by atoms with Gasteiger partial charge in [0.05, 0.1) is 0 Å². The quantitative estimate of drug-likeness (QED) is 0.589. The Morgan fingerprint density at radius 3 is 2.50 bits per heavy atom.